The summed E-state index contributed by atoms with van der Waals surface area (Å²) >= 11 is 5.68. The van der Waals surface area contributed by atoms with Crippen LogP contribution in [0.3, 0.4) is 0 Å². The standard InChI is InChI=1S/C9H12ClN3O3.ClH/c10-5-1-2-7(13(15)16)8(9(5)14)6(12)3-4-11;/h1-2,6,14H,3-4,11-12H2;1H/t6-;/m1./s1. The summed E-state index contributed by atoms with van der Waals surface area (Å²) in [5.41, 5.74) is 10.8. The summed E-state index contributed by atoms with van der Waals surface area (Å²) in [5.74, 6) is -0.350. The lowest BCUT2D eigenvalue weighted by molar-refractivity contribution is -0.385. The molecule has 0 saturated carbocycles. The number of nitrogens with two attached hydrogens (primary N) is 2. The van der Waals surface area contributed by atoms with Crippen LogP contribution < -0.4 is 11.5 Å². The van der Waals surface area contributed by atoms with Crippen molar-refractivity contribution in [1.29, 1.82) is 0 Å². The molecule has 0 aliphatic carbocycles. The number of nitrogens with zero attached hydrogens (tertiary/aromatic N) is 1. The number of hydrogen-bond donors (Lipinski definition) is 3. The van der Waals surface area contributed by atoms with E-state index >= 15 is 0 Å². The van der Waals surface area contributed by atoms with Crippen molar-refractivity contribution < 1.29 is 10.0 Å². The van der Waals surface area contributed by atoms with Gasteiger partial charge in [0.15, 0.2) is 0 Å². The largest absolute Gasteiger partial charge is 0.506 e. The van der Waals surface area contributed by atoms with Gasteiger partial charge in [-0.15, -0.1) is 12.4 Å². The maximum Gasteiger partial charge on any atom is 0.277 e. The first kappa shape index (κ1) is 15.9. The van der Waals surface area contributed by atoms with Crippen LogP contribution in [0.5, 0.6) is 5.75 Å². The van der Waals surface area contributed by atoms with Crippen molar-refractivity contribution in [2.45, 2.75) is 12.5 Å². The molecule has 0 amide bonds. The van der Waals surface area contributed by atoms with Crippen LogP contribution in [0.4, 0.5) is 5.69 Å². The molecule has 0 aromatic heterocycles. The fourth-order valence-corrected chi connectivity index (χ4v) is 1.58. The summed E-state index contributed by atoms with van der Waals surface area (Å²) in [6.07, 6.45) is 0.328. The van der Waals surface area contributed by atoms with Crippen LogP contribution in [0.15, 0.2) is 12.1 Å². The summed E-state index contributed by atoms with van der Waals surface area (Å²) < 4.78 is 0. The molecule has 6 nitrogen and oxygen atoms in total. The van der Waals surface area contributed by atoms with E-state index in [2.05, 4.69) is 0 Å². The first-order valence-corrected chi connectivity index (χ1v) is 4.98. The number of phenolic OH excluding ortho intramolecular Hbond substituents is 1. The van der Waals surface area contributed by atoms with Crippen molar-refractivity contribution in [1.82, 2.24) is 0 Å². The summed E-state index contributed by atoms with van der Waals surface area (Å²) in [7, 11) is 0. The van der Waals surface area contributed by atoms with Gasteiger partial charge in [0.25, 0.3) is 5.69 Å². The third-order valence-electron chi connectivity index (χ3n) is 2.19. The number of aromatic hydroxyl groups is 1. The molecule has 1 atom stereocenters. The Labute approximate surface area is 109 Å². The highest BCUT2D eigenvalue weighted by Gasteiger charge is 2.24. The average molecular weight is 282 g/mol. The highest BCUT2D eigenvalue weighted by atomic mass is 35.5. The van der Waals surface area contributed by atoms with Crippen LogP contribution >= 0.6 is 24.0 Å². The molecule has 0 heterocycles. The van der Waals surface area contributed by atoms with Crippen molar-refractivity contribution >= 4 is 29.7 Å². The Morgan fingerprint density at radius 2 is 2.12 bits per heavy atom. The summed E-state index contributed by atoms with van der Waals surface area (Å²) in [5, 5.41) is 20.5. The minimum Gasteiger partial charge on any atom is -0.506 e. The summed E-state index contributed by atoms with van der Waals surface area (Å²) in [4.78, 5) is 10.1. The molecule has 0 radical (unpaired) electrons. The van der Waals surface area contributed by atoms with Crippen molar-refractivity contribution in [2.24, 2.45) is 11.5 Å². The zero-order valence-electron chi connectivity index (χ0n) is 8.80. The van der Waals surface area contributed by atoms with Crippen LogP contribution in [-0.4, -0.2) is 16.6 Å². The molecule has 0 aliphatic rings. The number of nitro groups is 1. The van der Waals surface area contributed by atoms with Gasteiger partial charge in [0.1, 0.15) is 5.75 Å². The second-order valence-electron chi connectivity index (χ2n) is 3.27. The molecule has 0 saturated heterocycles. The molecule has 5 N–H and O–H groups in total. The van der Waals surface area contributed by atoms with E-state index in [1.54, 1.807) is 0 Å². The van der Waals surface area contributed by atoms with Gasteiger partial charge in [-0.2, -0.15) is 0 Å². The lowest BCUT2D eigenvalue weighted by atomic mass is 10.0. The fraction of sp³-hybridized carbons (Fsp3) is 0.333. The van der Waals surface area contributed by atoms with E-state index < -0.39 is 11.0 Å². The van der Waals surface area contributed by atoms with Crippen molar-refractivity contribution in [3.8, 4) is 5.75 Å². The van der Waals surface area contributed by atoms with Crippen molar-refractivity contribution in [3.05, 3.63) is 32.8 Å². The number of rotatable bonds is 4. The Morgan fingerprint density at radius 3 is 2.59 bits per heavy atom. The zero-order valence-corrected chi connectivity index (χ0v) is 10.4. The van der Waals surface area contributed by atoms with Crippen molar-refractivity contribution in [2.75, 3.05) is 6.54 Å². The average Bonchev–Trinajstić information content (AvgIpc) is 2.21. The van der Waals surface area contributed by atoms with Crippen LogP contribution in [0.2, 0.25) is 5.02 Å². The molecule has 17 heavy (non-hydrogen) atoms. The number of hydrogen-bond acceptors (Lipinski definition) is 5. The van der Waals surface area contributed by atoms with Gasteiger partial charge in [-0.1, -0.05) is 11.6 Å². The van der Waals surface area contributed by atoms with Crippen LogP contribution in [-0.2, 0) is 0 Å². The van der Waals surface area contributed by atoms with Gasteiger partial charge in [0.05, 0.1) is 15.5 Å². The topological polar surface area (TPSA) is 115 Å². The molecular weight excluding hydrogens is 269 g/mol. The number of benzene rings is 1. The Kier molecular flexibility index (Phi) is 6.19. The third kappa shape index (κ3) is 3.44. The molecule has 1 aromatic rings. The smallest absolute Gasteiger partial charge is 0.277 e. The highest BCUT2D eigenvalue weighted by molar-refractivity contribution is 6.32. The monoisotopic (exact) mass is 281 g/mol. The predicted molar refractivity (Wildman–Crippen MR) is 67.6 cm³/mol. The van der Waals surface area contributed by atoms with Gasteiger partial charge in [-0.05, 0) is 19.0 Å². The van der Waals surface area contributed by atoms with Crippen molar-refractivity contribution in [3.63, 3.8) is 0 Å². The predicted octanol–water partition coefficient (Wildman–Crippen LogP) is 1.72. The van der Waals surface area contributed by atoms with E-state index in [0.717, 1.165) is 0 Å². The second kappa shape index (κ2) is 6.61. The molecule has 96 valence electrons. The van der Waals surface area contributed by atoms with Crippen LogP contribution in [0.1, 0.15) is 18.0 Å². The van der Waals surface area contributed by atoms with Crippen LogP contribution in [0, 0.1) is 10.1 Å². The quantitative estimate of drug-likeness (QED) is 0.574. The summed E-state index contributed by atoms with van der Waals surface area (Å²) in [6.45, 7) is 0.268. The van der Waals surface area contributed by atoms with E-state index in [4.69, 9.17) is 23.1 Å². The normalized spacial score (nSPS) is 11.7. The van der Waals surface area contributed by atoms with Gasteiger partial charge in [0.2, 0.25) is 0 Å². The molecule has 0 unspecified atom stereocenters. The molecule has 0 fully saturated rings. The Bertz CT molecular complexity index is 415. The molecule has 8 heteroatoms. The lowest BCUT2D eigenvalue weighted by Crippen LogP contribution is -2.17. The highest BCUT2D eigenvalue weighted by Crippen LogP contribution is 2.38. The fourth-order valence-electron chi connectivity index (χ4n) is 1.42. The van der Waals surface area contributed by atoms with Gasteiger partial charge < -0.3 is 16.6 Å². The minimum atomic E-state index is -0.705. The maximum atomic E-state index is 10.8. The second-order valence-corrected chi connectivity index (χ2v) is 3.68. The first-order chi connectivity index (χ1) is 7.49. The van der Waals surface area contributed by atoms with E-state index in [-0.39, 0.29) is 41.0 Å². The molecule has 1 rings (SSSR count). The molecule has 1 aromatic carbocycles. The molecule has 0 bridgehead atoms. The van der Waals surface area contributed by atoms with Gasteiger partial charge in [-0.25, -0.2) is 0 Å². The Hall–Kier alpha value is -1.08. The van der Waals surface area contributed by atoms with E-state index in [1.165, 1.54) is 12.1 Å². The molecule has 0 aliphatic heterocycles. The Balaban J connectivity index is 0.00000256. The Morgan fingerprint density at radius 1 is 1.53 bits per heavy atom. The van der Waals surface area contributed by atoms with Crippen LogP contribution in [0.25, 0.3) is 0 Å². The zero-order chi connectivity index (χ0) is 12.3. The van der Waals surface area contributed by atoms with Gasteiger partial charge in [-0.3, -0.25) is 10.1 Å². The maximum absolute atomic E-state index is 10.8. The summed E-state index contributed by atoms with van der Waals surface area (Å²) in [6, 6.07) is 1.77. The lowest BCUT2D eigenvalue weighted by Gasteiger charge is -2.13. The van der Waals surface area contributed by atoms with E-state index in [0.29, 0.717) is 6.42 Å². The SMILES string of the molecule is Cl.NCC[C@@H](N)c1c([N+](=O)[O-])ccc(Cl)c1O. The molecular formula is C9H13Cl2N3O3. The van der Waals surface area contributed by atoms with E-state index in [9.17, 15) is 15.2 Å². The van der Waals surface area contributed by atoms with Gasteiger partial charge in [0, 0.05) is 12.1 Å². The number of halogens is 2. The van der Waals surface area contributed by atoms with Gasteiger partial charge >= 0.3 is 0 Å². The first-order valence-electron chi connectivity index (χ1n) is 4.60. The minimum absolute atomic E-state index is 0. The molecule has 0 spiro atoms. The number of phenols is 1. The third-order valence-corrected chi connectivity index (χ3v) is 2.49. The van der Waals surface area contributed by atoms with E-state index in [1.807, 2.05) is 0 Å². The number of nitro benzene ring substituents is 1.